The summed E-state index contributed by atoms with van der Waals surface area (Å²) in [6.07, 6.45) is 9.93. The molecule has 0 spiro atoms. The number of piperidine rings is 2. The molecule has 1 unspecified atom stereocenters. The van der Waals surface area contributed by atoms with Crippen LogP contribution < -0.4 is 20.3 Å². The van der Waals surface area contributed by atoms with Gasteiger partial charge in [0.1, 0.15) is 17.4 Å². The monoisotopic (exact) mass is 788 g/mol. The standard InChI is InChI=1S/C42H44N8O8/c1-23(2)57-35-20-30-24(18-33(35)45-38(52)32-21-44-49-15-3-14-43-37(32)49)22-48(40(30)54)25-4-7-27(8-5-25)58-28-12-16-47(17-13-28)26-6-9-29-31(19-26)42(56)50(41(29)55)34-10-11-36(51)46-39(34)53/h3,6,9,14-15,18-21,23,25,27-28,34H,4-5,7-8,10-13,16-17,22H2,1-2H3,(H,45,52)(H,46,51,53)/t25-,27-,34?. The molecule has 2 N–H and O–H groups in total. The van der Waals surface area contributed by atoms with E-state index in [-0.39, 0.29) is 60.1 Å². The molecular weight excluding hydrogens is 745 g/mol. The summed E-state index contributed by atoms with van der Waals surface area (Å²) in [6, 6.07) is 9.63. The second-order valence-corrected chi connectivity index (χ2v) is 15.9. The highest BCUT2D eigenvalue weighted by Gasteiger charge is 2.45. The fourth-order valence-corrected chi connectivity index (χ4v) is 8.96. The molecule has 6 heterocycles. The summed E-state index contributed by atoms with van der Waals surface area (Å²) in [5, 5.41) is 9.44. The van der Waals surface area contributed by atoms with Gasteiger partial charge in [-0.3, -0.25) is 39.0 Å². The van der Waals surface area contributed by atoms with Gasteiger partial charge in [-0.2, -0.15) is 5.10 Å². The van der Waals surface area contributed by atoms with E-state index < -0.39 is 29.7 Å². The van der Waals surface area contributed by atoms with Crippen molar-refractivity contribution < 1.29 is 38.2 Å². The van der Waals surface area contributed by atoms with Crippen LogP contribution in [-0.4, -0.2) is 103 Å². The number of imide groups is 2. The molecule has 2 aromatic heterocycles. The lowest BCUT2D eigenvalue weighted by Gasteiger charge is -2.38. The number of rotatable bonds is 9. The molecule has 58 heavy (non-hydrogen) atoms. The zero-order valence-electron chi connectivity index (χ0n) is 32.3. The zero-order chi connectivity index (χ0) is 40.2. The Bertz CT molecular complexity index is 2360. The average molecular weight is 789 g/mol. The van der Waals surface area contributed by atoms with E-state index in [4.69, 9.17) is 9.47 Å². The number of hydrogen-bond donors (Lipinski definition) is 2. The minimum absolute atomic E-state index is 0.0358. The van der Waals surface area contributed by atoms with Crippen molar-refractivity contribution in [2.24, 2.45) is 0 Å². The predicted octanol–water partition coefficient (Wildman–Crippen LogP) is 4.12. The minimum Gasteiger partial charge on any atom is -0.489 e. The van der Waals surface area contributed by atoms with Crippen LogP contribution in [0.5, 0.6) is 5.75 Å². The number of aromatic nitrogens is 3. The summed E-state index contributed by atoms with van der Waals surface area (Å²) >= 11 is 0. The second-order valence-electron chi connectivity index (χ2n) is 15.9. The van der Waals surface area contributed by atoms with Crippen LogP contribution in [0.4, 0.5) is 11.4 Å². The number of nitrogens with zero attached hydrogens (tertiary/aromatic N) is 6. The van der Waals surface area contributed by atoms with Crippen molar-refractivity contribution in [3.8, 4) is 5.75 Å². The van der Waals surface area contributed by atoms with Crippen molar-refractivity contribution >= 4 is 52.5 Å². The second kappa shape index (κ2) is 15.0. The molecule has 1 aliphatic carbocycles. The summed E-state index contributed by atoms with van der Waals surface area (Å²) in [7, 11) is 0. The van der Waals surface area contributed by atoms with E-state index in [9.17, 15) is 28.8 Å². The number of hydrogen-bond acceptors (Lipinski definition) is 11. The SMILES string of the molecule is CC(C)Oc1cc2c(cc1NC(=O)c1cnn3cccnc13)CN([C@H]1CC[C@H](OC3CCN(c4ccc5c(c4)C(=O)N(C4CCC(=O)NC4=O)C5=O)CC3)CC1)C2=O. The Morgan fingerprint density at radius 3 is 2.40 bits per heavy atom. The van der Waals surface area contributed by atoms with Crippen molar-refractivity contribution in [3.05, 3.63) is 82.8 Å². The maximum Gasteiger partial charge on any atom is 0.262 e. The van der Waals surface area contributed by atoms with Crippen LogP contribution >= 0.6 is 0 Å². The van der Waals surface area contributed by atoms with Crippen molar-refractivity contribution in [1.82, 2.24) is 29.7 Å². The van der Waals surface area contributed by atoms with Gasteiger partial charge in [-0.1, -0.05) is 0 Å². The van der Waals surface area contributed by atoms with Gasteiger partial charge in [-0.15, -0.1) is 0 Å². The maximum absolute atomic E-state index is 13.8. The van der Waals surface area contributed by atoms with Crippen LogP contribution in [0.3, 0.4) is 0 Å². The summed E-state index contributed by atoms with van der Waals surface area (Å²) < 4.78 is 14.2. The largest absolute Gasteiger partial charge is 0.489 e. The lowest BCUT2D eigenvalue weighted by Crippen LogP contribution is -2.54. The Morgan fingerprint density at radius 1 is 0.879 bits per heavy atom. The lowest BCUT2D eigenvalue weighted by molar-refractivity contribution is -0.136. The van der Waals surface area contributed by atoms with E-state index in [2.05, 4.69) is 25.6 Å². The van der Waals surface area contributed by atoms with Crippen LogP contribution in [0, 0.1) is 0 Å². The molecule has 5 aliphatic rings. The number of carbonyl (C=O) groups excluding carboxylic acids is 6. The Hall–Kier alpha value is -6.16. The van der Waals surface area contributed by atoms with Crippen LogP contribution in [-0.2, 0) is 20.9 Å². The number of fused-ring (bicyclic) bond motifs is 3. The number of ether oxygens (including phenoxy) is 2. The molecule has 1 saturated carbocycles. The Balaban J connectivity index is 0.785. The number of benzene rings is 2. The summed E-state index contributed by atoms with van der Waals surface area (Å²) in [4.78, 5) is 87.2. The van der Waals surface area contributed by atoms with E-state index >= 15 is 0 Å². The van der Waals surface area contributed by atoms with Gasteiger partial charge in [0.2, 0.25) is 11.8 Å². The molecule has 0 bridgehead atoms. The van der Waals surface area contributed by atoms with Gasteiger partial charge in [0, 0.05) is 55.7 Å². The van der Waals surface area contributed by atoms with Gasteiger partial charge in [0.25, 0.3) is 23.6 Å². The molecule has 4 aromatic rings. The van der Waals surface area contributed by atoms with Gasteiger partial charge < -0.3 is 24.6 Å². The molecule has 1 atom stereocenters. The van der Waals surface area contributed by atoms with E-state index in [0.717, 1.165) is 67.8 Å². The highest BCUT2D eigenvalue weighted by atomic mass is 16.5. The smallest absolute Gasteiger partial charge is 0.262 e. The first-order chi connectivity index (χ1) is 28.0. The number of carbonyl (C=O) groups is 6. The predicted molar refractivity (Wildman–Crippen MR) is 208 cm³/mol. The molecule has 16 heteroatoms. The van der Waals surface area contributed by atoms with E-state index in [1.54, 1.807) is 36.7 Å². The van der Waals surface area contributed by atoms with Crippen LogP contribution in [0.25, 0.3) is 5.65 Å². The summed E-state index contributed by atoms with van der Waals surface area (Å²) in [5.41, 5.74) is 4.06. The normalized spacial score (nSPS) is 22.5. The van der Waals surface area contributed by atoms with E-state index in [0.29, 0.717) is 34.8 Å². The third-order valence-electron chi connectivity index (χ3n) is 11.9. The Morgan fingerprint density at radius 2 is 1.64 bits per heavy atom. The van der Waals surface area contributed by atoms with Gasteiger partial charge in [-0.05, 0) is 101 Å². The maximum atomic E-state index is 13.8. The third kappa shape index (κ3) is 6.84. The van der Waals surface area contributed by atoms with Crippen LogP contribution in [0.2, 0.25) is 0 Å². The minimum atomic E-state index is -0.996. The molecule has 16 nitrogen and oxygen atoms in total. The van der Waals surface area contributed by atoms with Gasteiger partial charge >= 0.3 is 0 Å². The number of nitrogens with one attached hydrogen (secondary N) is 2. The van der Waals surface area contributed by atoms with Gasteiger partial charge in [0.15, 0.2) is 5.65 Å². The highest BCUT2D eigenvalue weighted by molar-refractivity contribution is 6.23. The zero-order valence-corrected chi connectivity index (χ0v) is 32.3. The Labute approximate surface area is 333 Å². The summed E-state index contributed by atoms with van der Waals surface area (Å²) in [6.45, 7) is 5.69. The topological polar surface area (TPSA) is 185 Å². The van der Waals surface area contributed by atoms with Crippen LogP contribution in [0.15, 0.2) is 55.0 Å². The van der Waals surface area contributed by atoms with E-state index in [1.165, 1.54) is 10.7 Å². The van der Waals surface area contributed by atoms with Crippen molar-refractivity contribution in [2.75, 3.05) is 23.3 Å². The summed E-state index contributed by atoms with van der Waals surface area (Å²) in [5.74, 6) is -2.03. The lowest BCUT2D eigenvalue weighted by atomic mass is 9.91. The number of amides is 6. The number of anilines is 2. The fourth-order valence-electron chi connectivity index (χ4n) is 8.96. The first-order valence-corrected chi connectivity index (χ1v) is 20.0. The fraction of sp³-hybridized carbons (Fsp3) is 0.429. The molecular formula is C42H44N8O8. The molecule has 9 rings (SSSR count). The average Bonchev–Trinajstić information content (AvgIpc) is 3.86. The van der Waals surface area contributed by atoms with Crippen LogP contribution in [0.1, 0.15) is 112 Å². The molecule has 0 radical (unpaired) electrons. The molecule has 3 fully saturated rings. The van der Waals surface area contributed by atoms with Crippen molar-refractivity contribution in [1.29, 1.82) is 0 Å². The van der Waals surface area contributed by atoms with Gasteiger partial charge in [0.05, 0.1) is 41.3 Å². The third-order valence-corrected chi connectivity index (χ3v) is 11.9. The molecule has 6 amide bonds. The van der Waals surface area contributed by atoms with Crippen molar-refractivity contribution in [3.63, 3.8) is 0 Å². The molecule has 2 aromatic carbocycles. The Kier molecular flexibility index (Phi) is 9.66. The highest BCUT2D eigenvalue weighted by Crippen LogP contribution is 2.39. The molecule has 4 aliphatic heterocycles. The first-order valence-electron chi connectivity index (χ1n) is 20.0. The van der Waals surface area contributed by atoms with Crippen molar-refractivity contribution in [2.45, 2.75) is 102 Å². The van der Waals surface area contributed by atoms with E-state index in [1.807, 2.05) is 30.9 Å². The molecule has 300 valence electrons. The molecule has 2 saturated heterocycles. The quantitative estimate of drug-likeness (QED) is 0.233. The first kappa shape index (κ1) is 37.4. The van der Waals surface area contributed by atoms with Gasteiger partial charge in [-0.25, -0.2) is 9.50 Å².